The number of carbonyl (C=O) groups is 1. The fourth-order valence-electron chi connectivity index (χ4n) is 3.10. The van der Waals surface area contributed by atoms with Crippen molar-refractivity contribution >= 4 is 45.0 Å². The van der Waals surface area contributed by atoms with Crippen molar-refractivity contribution in [3.8, 4) is 27.6 Å². The van der Waals surface area contributed by atoms with Gasteiger partial charge in [-0.15, -0.1) is 34.0 Å². The molecular weight excluding hydrogens is 434 g/mol. The molecule has 0 unspecified atom stereocenters. The number of para-hydroxylation sites is 1. The predicted molar refractivity (Wildman–Crippen MR) is 126 cm³/mol. The highest BCUT2D eigenvalue weighted by Gasteiger charge is 2.15. The summed E-state index contributed by atoms with van der Waals surface area (Å²) in [7, 11) is 0. The second kappa shape index (κ2) is 9.07. The Labute approximate surface area is 187 Å². The van der Waals surface area contributed by atoms with Gasteiger partial charge in [0.15, 0.2) is 5.13 Å². The largest absolute Gasteiger partial charge is 0.493 e. The van der Waals surface area contributed by atoms with Gasteiger partial charge in [-0.3, -0.25) is 4.79 Å². The van der Waals surface area contributed by atoms with E-state index in [1.165, 1.54) is 32.4 Å². The molecule has 4 aromatic rings. The van der Waals surface area contributed by atoms with Crippen LogP contribution in [0.25, 0.3) is 21.8 Å². The van der Waals surface area contributed by atoms with Crippen LogP contribution in [-0.4, -0.2) is 22.5 Å². The van der Waals surface area contributed by atoms with E-state index >= 15 is 0 Å². The van der Waals surface area contributed by atoms with E-state index in [9.17, 15) is 4.79 Å². The summed E-state index contributed by atoms with van der Waals surface area (Å²) >= 11 is 4.71. The van der Waals surface area contributed by atoms with Crippen molar-refractivity contribution in [2.45, 2.75) is 27.2 Å². The number of carbonyl (C=O) groups excluding carboxylic acids is 1. The molecule has 1 aromatic carbocycles. The minimum atomic E-state index is -0.121. The van der Waals surface area contributed by atoms with E-state index in [2.05, 4.69) is 35.2 Å². The molecule has 0 aliphatic carbocycles. The van der Waals surface area contributed by atoms with Crippen molar-refractivity contribution in [1.82, 2.24) is 9.97 Å². The molecule has 0 spiro atoms. The molecule has 0 fully saturated rings. The van der Waals surface area contributed by atoms with E-state index in [4.69, 9.17) is 4.74 Å². The van der Waals surface area contributed by atoms with Gasteiger partial charge < -0.3 is 10.1 Å². The summed E-state index contributed by atoms with van der Waals surface area (Å²) < 4.78 is 5.69. The summed E-state index contributed by atoms with van der Waals surface area (Å²) in [5, 5.41) is 8.26. The first kappa shape index (κ1) is 20.7. The van der Waals surface area contributed by atoms with Crippen molar-refractivity contribution < 1.29 is 9.53 Å². The van der Waals surface area contributed by atoms with Gasteiger partial charge in [-0.1, -0.05) is 12.1 Å². The third kappa shape index (κ3) is 4.61. The van der Waals surface area contributed by atoms with Crippen molar-refractivity contribution in [1.29, 1.82) is 0 Å². The quantitative estimate of drug-likeness (QED) is 0.361. The van der Waals surface area contributed by atoms with Crippen LogP contribution in [-0.2, 0) is 11.2 Å². The Balaban J connectivity index is 1.43. The molecule has 5 nitrogen and oxygen atoms in total. The molecule has 0 saturated carbocycles. The third-order valence-corrected chi connectivity index (χ3v) is 7.03. The molecular formula is C22H21N3O2S3. The molecule has 3 aromatic heterocycles. The third-order valence-electron chi connectivity index (χ3n) is 4.38. The molecule has 0 aliphatic heterocycles. The molecule has 3 heterocycles. The van der Waals surface area contributed by atoms with E-state index in [0.29, 0.717) is 11.7 Å². The first-order valence-electron chi connectivity index (χ1n) is 9.53. The Hall–Kier alpha value is -2.55. The molecule has 0 atom stereocenters. The Morgan fingerprint density at radius 3 is 2.70 bits per heavy atom. The average Bonchev–Trinajstić information content (AvgIpc) is 3.43. The normalized spacial score (nSPS) is 10.9. The highest BCUT2D eigenvalue weighted by molar-refractivity contribution is 7.14. The summed E-state index contributed by atoms with van der Waals surface area (Å²) in [4.78, 5) is 24.2. The van der Waals surface area contributed by atoms with Crippen LogP contribution < -0.4 is 10.1 Å². The average molecular weight is 456 g/mol. The van der Waals surface area contributed by atoms with Gasteiger partial charge in [-0.2, -0.15) is 0 Å². The molecule has 1 N–H and O–H groups in total. The zero-order chi connectivity index (χ0) is 21.1. The minimum Gasteiger partial charge on any atom is -0.493 e. The van der Waals surface area contributed by atoms with Crippen LogP contribution in [0.15, 0.2) is 41.1 Å². The number of thiazole rings is 2. The lowest BCUT2D eigenvalue weighted by Crippen LogP contribution is -2.14. The van der Waals surface area contributed by atoms with Crippen LogP contribution in [0.2, 0.25) is 0 Å². The first-order chi connectivity index (χ1) is 14.5. The lowest BCUT2D eigenvalue weighted by molar-refractivity contribution is -0.115. The number of nitrogens with zero attached hydrogens (tertiary/aromatic N) is 2. The Morgan fingerprint density at radius 2 is 1.93 bits per heavy atom. The van der Waals surface area contributed by atoms with Gasteiger partial charge in [-0.25, -0.2) is 9.97 Å². The molecule has 8 heteroatoms. The van der Waals surface area contributed by atoms with Crippen LogP contribution in [0.4, 0.5) is 5.13 Å². The van der Waals surface area contributed by atoms with E-state index in [1.807, 2.05) is 41.9 Å². The van der Waals surface area contributed by atoms with Crippen LogP contribution >= 0.6 is 34.0 Å². The molecule has 30 heavy (non-hydrogen) atoms. The van der Waals surface area contributed by atoms with Crippen molar-refractivity contribution in [2.24, 2.45) is 0 Å². The monoisotopic (exact) mass is 455 g/mol. The van der Waals surface area contributed by atoms with Crippen molar-refractivity contribution in [3.63, 3.8) is 0 Å². The van der Waals surface area contributed by atoms with E-state index in [1.54, 1.807) is 11.3 Å². The number of amides is 1. The second-order valence-electron chi connectivity index (χ2n) is 6.66. The van der Waals surface area contributed by atoms with Gasteiger partial charge in [0.25, 0.3) is 0 Å². The number of rotatable bonds is 7. The number of thiophene rings is 1. The summed E-state index contributed by atoms with van der Waals surface area (Å²) in [6, 6.07) is 9.96. The van der Waals surface area contributed by atoms with Crippen LogP contribution in [0, 0.1) is 13.8 Å². The number of nitrogens with one attached hydrogen (secondary N) is 1. The zero-order valence-electron chi connectivity index (χ0n) is 16.9. The van der Waals surface area contributed by atoms with Crippen LogP contribution in [0.1, 0.15) is 22.4 Å². The first-order valence-corrected chi connectivity index (χ1v) is 12.1. The van der Waals surface area contributed by atoms with Crippen molar-refractivity contribution in [3.05, 3.63) is 56.5 Å². The summed E-state index contributed by atoms with van der Waals surface area (Å²) in [6.45, 7) is 6.73. The number of ether oxygens (including phenoxy) is 1. The minimum absolute atomic E-state index is 0.121. The second-order valence-corrected chi connectivity index (χ2v) is 9.84. The van der Waals surface area contributed by atoms with Gasteiger partial charge in [0.1, 0.15) is 10.8 Å². The number of benzene rings is 1. The van der Waals surface area contributed by atoms with E-state index < -0.39 is 0 Å². The van der Waals surface area contributed by atoms with E-state index in [-0.39, 0.29) is 12.3 Å². The predicted octanol–water partition coefficient (Wildman–Crippen LogP) is 6.19. The maximum atomic E-state index is 12.5. The highest BCUT2D eigenvalue weighted by Crippen LogP contribution is 2.33. The number of hydrogen-bond acceptors (Lipinski definition) is 7. The smallest absolute Gasteiger partial charge is 0.232 e. The highest BCUT2D eigenvalue weighted by atomic mass is 32.1. The Morgan fingerprint density at radius 1 is 1.10 bits per heavy atom. The molecule has 0 aliphatic rings. The fraction of sp³-hybridized carbons (Fsp3) is 0.227. The summed E-state index contributed by atoms with van der Waals surface area (Å²) in [5.74, 6) is 0.684. The van der Waals surface area contributed by atoms with Crippen LogP contribution in [0.5, 0.6) is 5.75 Å². The number of hydrogen-bond donors (Lipinski definition) is 1. The lowest BCUT2D eigenvalue weighted by atomic mass is 10.2. The SMILES string of the molecule is CCOc1ccccc1-c1nc(CC(=O)Nc2nc(-c3cc(C)sc3C)cs2)cs1. The lowest BCUT2D eigenvalue weighted by Gasteiger charge is -2.07. The molecule has 0 bridgehead atoms. The summed E-state index contributed by atoms with van der Waals surface area (Å²) in [5.41, 5.74) is 3.72. The van der Waals surface area contributed by atoms with E-state index in [0.717, 1.165) is 33.3 Å². The topological polar surface area (TPSA) is 64.1 Å². The van der Waals surface area contributed by atoms with Crippen molar-refractivity contribution in [2.75, 3.05) is 11.9 Å². The molecule has 154 valence electrons. The Kier molecular flexibility index (Phi) is 6.26. The van der Waals surface area contributed by atoms with Crippen LogP contribution in [0.3, 0.4) is 0 Å². The maximum absolute atomic E-state index is 12.5. The molecule has 1 amide bonds. The number of aryl methyl sites for hydroxylation is 2. The maximum Gasteiger partial charge on any atom is 0.232 e. The zero-order valence-corrected chi connectivity index (χ0v) is 19.3. The van der Waals surface area contributed by atoms with Gasteiger partial charge in [-0.05, 0) is 39.0 Å². The molecule has 0 radical (unpaired) electrons. The van der Waals surface area contributed by atoms with Gasteiger partial charge in [0.05, 0.1) is 30.0 Å². The van der Waals surface area contributed by atoms with Gasteiger partial charge in [0, 0.05) is 26.1 Å². The standard InChI is InChI=1S/C22H21N3O2S3/c1-4-27-19-8-6-5-7-16(19)21-23-15(11-28-21)10-20(26)25-22-24-18(12-29-22)17-9-13(2)30-14(17)3/h5-9,11-12H,4,10H2,1-3H3,(H,24,25,26). The number of aromatic nitrogens is 2. The molecule has 4 rings (SSSR count). The fourth-order valence-corrected chi connectivity index (χ4v) is 5.61. The summed E-state index contributed by atoms with van der Waals surface area (Å²) in [6.07, 6.45) is 0.207. The van der Waals surface area contributed by atoms with Gasteiger partial charge >= 0.3 is 0 Å². The number of anilines is 1. The Bertz CT molecular complexity index is 1180. The molecule has 0 saturated heterocycles. The van der Waals surface area contributed by atoms with Gasteiger partial charge in [0.2, 0.25) is 5.91 Å².